The molecular formula is C28H26N2. The lowest BCUT2D eigenvalue weighted by Gasteiger charge is -2.53. The summed E-state index contributed by atoms with van der Waals surface area (Å²) in [5, 5.41) is 0. The van der Waals surface area contributed by atoms with Crippen molar-refractivity contribution in [2.24, 2.45) is 0 Å². The summed E-state index contributed by atoms with van der Waals surface area (Å²) in [6.45, 7) is 4.31. The first-order chi connectivity index (χ1) is 14.7. The third-order valence-electron chi connectivity index (χ3n) is 6.65. The van der Waals surface area contributed by atoms with Crippen LogP contribution in [-0.4, -0.2) is 9.97 Å². The fourth-order valence-corrected chi connectivity index (χ4v) is 5.16. The highest BCUT2D eigenvalue weighted by molar-refractivity contribution is 5.48. The molecule has 0 unspecified atom stereocenters. The number of aromatic nitrogens is 2. The predicted octanol–water partition coefficient (Wildman–Crippen LogP) is 6.54. The summed E-state index contributed by atoms with van der Waals surface area (Å²) >= 11 is 0. The number of pyridine rings is 2. The fraction of sp³-hybridized carbons (Fsp3) is 0.214. The van der Waals surface area contributed by atoms with Gasteiger partial charge in [-0.05, 0) is 84.0 Å². The number of nitrogens with zero attached hydrogens (tertiary/aromatic N) is 2. The number of benzene rings is 2. The molecule has 0 radical (unpaired) electrons. The lowest BCUT2D eigenvalue weighted by Crippen LogP contribution is -2.40. The maximum Gasteiger partial charge on any atom is 0.0270 e. The Morgan fingerprint density at radius 2 is 0.667 bits per heavy atom. The minimum atomic E-state index is 0.407. The molecule has 2 heteroatoms. The van der Waals surface area contributed by atoms with Gasteiger partial charge >= 0.3 is 0 Å². The van der Waals surface area contributed by atoms with E-state index < -0.39 is 0 Å². The van der Waals surface area contributed by atoms with E-state index in [1.54, 1.807) is 0 Å². The first kappa shape index (κ1) is 18.7. The molecule has 4 aromatic rings. The number of hydrogen-bond donors (Lipinski definition) is 0. The average Bonchev–Trinajstić information content (AvgIpc) is 2.77. The van der Waals surface area contributed by atoms with Crippen LogP contribution in [0.1, 0.15) is 57.1 Å². The molecule has 1 aliphatic carbocycles. The Kier molecular flexibility index (Phi) is 4.92. The molecule has 0 bridgehead atoms. The van der Waals surface area contributed by atoms with Crippen molar-refractivity contribution in [2.75, 3.05) is 0 Å². The van der Waals surface area contributed by atoms with E-state index >= 15 is 0 Å². The summed E-state index contributed by atoms with van der Waals surface area (Å²) in [6, 6.07) is 27.0. The SMILES string of the molecule is Cc1ccc([C@H]2[C@H](c3ccncc3)[C@@H](c3ccncc3)[C@@H]2c2ccc(C)cc2)cc1. The molecule has 2 aromatic heterocycles. The minimum Gasteiger partial charge on any atom is -0.265 e. The molecular weight excluding hydrogens is 364 g/mol. The molecule has 0 aliphatic heterocycles. The third-order valence-corrected chi connectivity index (χ3v) is 6.65. The van der Waals surface area contributed by atoms with E-state index in [1.165, 1.54) is 33.4 Å². The molecule has 0 amide bonds. The molecule has 0 spiro atoms. The van der Waals surface area contributed by atoms with E-state index in [9.17, 15) is 0 Å². The second-order valence-electron chi connectivity index (χ2n) is 8.49. The zero-order valence-electron chi connectivity index (χ0n) is 17.4. The van der Waals surface area contributed by atoms with Crippen molar-refractivity contribution in [2.45, 2.75) is 37.5 Å². The van der Waals surface area contributed by atoms with Gasteiger partial charge in [-0.15, -0.1) is 0 Å². The smallest absolute Gasteiger partial charge is 0.0270 e. The lowest BCUT2D eigenvalue weighted by molar-refractivity contribution is 0.228. The van der Waals surface area contributed by atoms with E-state index in [-0.39, 0.29) is 0 Å². The quantitative estimate of drug-likeness (QED) is 0.395. The van der Waals surface area contributed by atoms with Crippen LogP contribution in [0.15, 0.2) is 97.6 Å². The van der Waals surface area contributed by atoms with Gasteiger partial charge in [0.25, 0.3) is 0 Å². The molecule has 0 saturated heterocycles. The number of hydrogen-bond acceptors (Lipinski definition) is 2. The molecule has 2 heterocycles. The maximum atomic E-state index is 4.27. The van der Waals surface area contributed by atoms with E-state index in [4.69, 9.17) is 0 Å². The van der Waals surface area contributed by atoms with Crippen LogP contribution >= 0.6 is 0 Å². The molecule has 1 aliphatic rings. The predicted molar refractivity (Wildman–Crippen MR) is 122 cm³/mol. The zero-order valence-corrected chi connectivity index (χ0v) is 17.4. The van der Waals surface area contributed by atoms with E-state index in [2.05, 4.69) is 96.6 Å². The first-order valence-electron chi connectivity index (χ1n) is 10.7. The van der Waals surface area contributed by atoms with Gasteiger partial charge in [-0.25, -0.2) is 0 Å². The van der Waals surface area contributed by atoms with Gasteiger partial charge in [0.2, 0.25) is 0 Å². The van der Waals surface area contributed by atoms with Crippen molar-refractivity contribution in [3.63, 3.8) is 0 Å². The van der Waals surface area contributed by atoms with Crippen LogP contribution in [0.2, 0.25) is 0 Å². The van der Waals surface area contributed by atoms with E-state index in [0.29, 0.717) is 23.7 Å². The van der Waals surface area contributed by atoms with Gasteiger partial charge in [-0.3, -0.25) is 9.97 Å². The summed E-state index contributed by atoms with van der Waals surface area (Å²) in [5.74, 6) is 1.66. The molecule has 1 fully saturated rings. The Balaban J connectivity index is 1.67. The number of aryl methyl sites for hydroxylation is 2. The fourth-order valence-electron chi connectivity index (χ4n) is 5.16. The second kappa shape index (κ2) is 7.87. The van der Waals surface area contributed by atoms with E-state index in [0.717, 1.165) is 0 Å². The van der Waals surface area contributed by atoms with Crippen molar-refractivity contribution in [3.8, 4) is 0 Å². The zero-order chi connectivity index (χ0) is 20.5. The molecule has 2 nitrogen and oxygen atoms in total. The molecule has 0 N–H and O–H groups in total. The van der Waals surface area contributed by atoms with Gasteiger partial charge in [0.15, 0.2) is 0 Å². The molecule has 1 saturated carbocycles. The van der Waals surface area contributed by atoms with E-state index in [1.807, 2.05) is 24.8 Å². The summed E-state index contributed by atoms with van der Waals surface area (Å²) in [4.78, 5) is 8.54. The maximum absolute atomic E-state index is 4.27. The summed E-state index contributed by atoms with van der Waals surface area (Å²) in [5.41, 5.74) is 8.16. The van der Waals surface area contributed by atoms with Crippen LogP contribution in [-0.2, 0) is 0 Å². The largest absolute Gasteiger partial charge is 0.265 e. The molecule has 5 rings (SSSR count). The Labute approximate surface area is 178 Å². The Hall–Kier alpha value is -3.26. The van der Waals surface area contributed by atoms with Crippen LogP contribution in [0.3, 0.4) is 0 Å². The van der Waals surface area contributed by atoms with Crippen LogP contribution in [0.5, 0.6) is 0 Å². The van der Waals surface area contributed by atoms with Crippen molar-refractivity contribution >= 4 is 0 Å². The van der Waals surface area contributed by atoms with Crippen LogP contribution in [0.25, 0.3) is 0 Å². The van der Waals surface area contributed by atoms with Crippen molar-refractivity contribution in [3.05, 3.63) is 131 Å². The second-order valence-corrected chi connectivity index (χ2v) is 8.49. The summed E-state index contributed by atoms with van der Waals surface area (Å²) in [6.07, 6.45) is 7.68. The highest BCUT2D eigenvalue weighted by Gasteiger charge is 2.52. The van der Waals surface area contributed by atoms with Crippen molar-refractivity contribution < 1.29 is 0 Å². The van der Waals surface area contributed by atoms with Gasteiger partial charge in [-0.2, -0.15) is 0 Å². The standard InChI is InChI=1S/C28H26N2/c1-19-3-7-21(8-4-19)25-26(22-9-5-20(2)6-10-22)28(24-13-17-30-18-14-24)27(25)23-11-15-29-16-12-23/h3-18,25-28H,1-2H3/t25-,26-,27+,28+/m1/s1. The van der Waals surface area contributed by atoms with Gasteiger partial charge in [0.05, 0.1) is 0 Å². The van der Waals surface area contributed by atoms with Crippen molar-refractivity contribution in [1.29, 1.82) is 0 Å². The normalized spacial score (nSPS) is 23.0. The first-order valence-corrected chi connectivity index (χ1v) is 10.7. The monoisotopic (exact) mass is 390 g/mol. The summed E-state index contributed by atoms with van der Waals surface area (Å²) < 4.78 is 0. The highest BCUT2D eigenvalue weighted by Crippen LogP contribution is 2.66. The molecule has 2 aromatic carbocycles. The molecule has 30 heavy (non-hydrogen) atoms. The average molecular weight is 391 g/mol. The topological polar surface area (TPSA) is 25.8 Å². The van der Waals surface area contributed by atoms with Crippen LogP contribution in [0, 0.1) is 13.8 Å². The van der Waals surface area contributed by atoms with Gasteiger partial charge < -0.3 is 0 Å². The van der Waals surface area contributed by atoms with Crippen LogP contribution < -0.4 is 0 Å². The Bertz CT molecular complexity index is 1010. The summed E-state index contributed by atoms with van der Waals surface area (Å²) in [7, 11) is 0. The highest BCUT2D eigenvalue weighted by atomic mass is 14.6. The molecule has 148 valence electrons. The minimum absolute atomic E-state index is 0.407. The molecule has 4 atom stereocenters. The lowest BCUT2D eigenvalue weighted by atomic mass is 9.49. The number of rotatable bonds is 4. The Morgan fingerprint density at radius 1 is 0.400 bits per heavy atom. The van der Waals surface area contributed by atoms with Crippen LogP contribution in [0.4, 0.5) is 0 Å². The van der Waals surface area contributed by atoms with Gasteiger partial charge in [0, 0.05) is 24.8 Å². The van der Waals surface area contributed by atoms with Crippen molar-refractivity contribution in [1.82, 2.24) is 9.97 Å². The van der Waals surface area contributed by atoms with Gasteiger partial charge in [0.1, 0.15) is 0 Å². The third kappa shape index (κ3) is 3.33. The van der Waals surface area contributed by atoms with Gasteiger partial charge in [-0.1, -0.05) is 59.7 Å². The Morgan fingerprint density at radius 3 is 0.967 bits per heavy atom.